The molecule has 4 aromatic rings. The molecule has 28 heavy (non-hydrogen) atoms. The highest BCUT2D eigenvalue weighted by molar-refractivity contribution is 6.05. The summed E-state index contributed by atoms with van der Waals surface area (Å²) in [6.07, 6.45) is 0.680. The van der Waals surface area contributed by atoms with E-state index in [0.29, 0.717) is 17.6 Å². The van der Waals surface area contributed by atoms with Gasteiger partial charge in [-0.05, 0) is 30.2 Å². The van der Waals surface area contributed by atoms with E-state index in [1.165, 1.54) is 0 Å². The second kappa shape index (κ2) is 7.26. The van der Waals surface area contributed by atoms with Crippen molar-refractivity contribution in [2.45, 2.75) is 19.3 Å². The molecule has 1 N–H and O–H groups in total. The number of amides is 1. The van der Waals surface area contributed by atoms with Crippen LogP contribution in [-0.4, -0.2) is 32.8 Å². The minimum Gasteiger partial charge on any atom is -0.497 e. The molecule has 0 fully saturated rings. The molecule has 1 atom stereocenters. The van der Waals surface area contributed by atoms with Crippen molar-refractivity contribution in [2.75, 3.05) is 12.4 Å². The molecule has 0 aliphatic heterocycles. The summed E-state index contributed by atoms with van der Waals surface area (Å²) in [5.74, 6) is 0.533. The Bertz CT molecular complexity index is 1150. The van der Waals surface area contributed by atoms with Crippen LogP contribution in [0.15, 0.2) is 48.5 Å². The normalized spacial score (nSPS) is 12.2. The number of nitrogens with one attached hydrogen (secondary N) is 1. The lowest BCUT2D eigenvalue weighted by atomic mass is 9.96. The van der Waals surface area contributed by atoms with Crippen LogP contribution in [0, 0.1) is 0 Å². The van der Waals surface area contributed by atoms with Gasteiger partial charge in [0.05, 0.1) is 18.5 Å². The number of ether oxygens (including phenoxy) is 1. The molecule has 2 heterocycles. The summed E-state index contributed by atoms with van der Waals surface area (Å²) in [6, 6.07) is 15.5. The number of aromatic nitrogens is 4. The molecule has 0 spiro atoms. The Morgan fingerprint density at radius 1 is 1.18 bits per heavy atom. The zero-order valence-corrected chi connectivity index (χ0v) is 16.0. The molecule has 7 nitrogen and oxygen atoms in total. The van der Waals surface area contributed by atoms with E-state index in [9.17, 15) is 4.79 Å². The fraction of sp³-hybridized carbons (Fsp3) is 0.238. The van der Waals surface area contributed by atoms with Crippen molar-refractivity contribution in [1.82, 2.24) is 19.7 Å². The summed E-state index contributed by atoms with van der Waals surface area (Å²) in [7, 11) is 3.54. The smallest absolute Gasteiger partial charge is 0.251 e. The van der Waals surface area contributed by atoms with Crippen molar-refractivity contribution in [2.24, 2.45) is 7.05 Å². The lowest BCUT2D eigenvalue weighted by molar-refractivity contribution is -0.117. The van der Waals surface area contributed by atoms with Crippen LogP contribution in [0.5, 0.6) is 5.75 Å². The summed E-state index contributed by atoms with van der Waals surface area (Å²) in [6.45, 7) is 1.98. The number of carbonyl (C=O) groups excluding carboxylic acids is 1. The van der Waals surface area contributed by atoms with Crippen molar-refractivity contribution in [1.29, 1.82) is 0 Å². The summed E-state index contributed by atoms with van der Waals surface area (Å²) >= 11 is 0. The van der Waals surface area contributed by atoms with Gasteiger partial charge in [0, 0.05) is 12.4 Å². The van der Waals surface area contributed by atoms with Crippen LogP contribution in [0.25, 0.3) is 22.1 Å². The van der Waals surface area contributed by atoms with Gasteiger partial charge in [-0.3, -0.25) is 10.1 Å². The fourth-order valence-corrected chi connectivity index (χ4v) is 3.47. The minimum absolute atomic E-state index is 0.143. The maximum Gasteiger partial charge on any atom is 0.251 e. The topological polar surface area (TPSA) is 81.9 Å². The molecular weight excluding hydrogens is 354 g/mol. The van der Waals surface area contributed by atoms with E-state index in [0.717, 1.165) is 22.2 Å². The number of benzene rings is 2. The van der Waals surface area contributed by atoms with Crippen LogP contribution < -0.4 is 10.1 Å². The molecule has 142 valence electrons. The molecule has 0 aliphatic carbocycles. The summed E-state index contributed by atoms with van der Waals surface area (Å²) in [5, 5.41) is 12.2. The van der Waals surface area contributed by atoms with Gasteiger partial charge in [-0.2, -0.15) is 4.98 Å². The van der Waals surface area contributed by atoms with Gasteiger partial charge in [0.25, 0.3) is 5.95 Å². The molecule has 1 unspecified atom stereocenters. The summed E-state index contributed by atoms with van der Waals surface area (Å²) < 4.78 is 7.24. The lowest BCUT2D eigenvalue weighted by Gasteiger charge is -2.14. The lowest BCUT2D eigenvalue weighted by Crippen LogP contribution is -2.22. The number of methoxy groups -OCH3 is 1. The van der Waals surface area contributed by atoms with Gasteiger partial charge in [-0.15, -0.1) is 10.2 Å². The Morgan fingerprint density at radius 2 is 1.96 bits per heavy atom. The molecule has 1 amide bonds. The third-order valence-electron chi connectivity index (χ3n) is 4.97. The quantitative estimate of drug-likeness (QED) is 0.576. The molecule has 0 radical (unpaired) electrons. The third-order valence-corrected chi connectivity index (χ3v) is 4.97. The average molecular weight is 375 g/mol. The second-order valence-corrected chi connectivity index (χ2v) is 6.61. The zero-order valence-electron chi connectivity index (χ0n) is 16.0. The fourth-order valence-electron chi connectivity index (χ4n) is 3.47. The molecule has 0 saturated heterocycles. The highest BCUT2D eigenvalue weighted by Gasteiger charge is 2.20. The van der Waals surface area contributed by atoms with Crippen molar-refractivity contribution >= 4 is 33.9 Å². The highest BCUT2D eigenvalue weighted by atomic mass is 16.5. The van der Waals surface area contributed by atoms with E-state index in [2.05, 4.69) is 20.5 Å². The van der Waals surface area contributed by atoms with Gasteiger partial charge in [0.1, 0.15) is 11.3 Å². The summed E-state index contributed by atoms with van der Waals surface area (Å²) in [4.78, 5) is 17.3. The number of aryl methyl sites for hydroxylation is 1. The van der Waals surface area contributed by atoms with E-state index in [-0.39, 0.29) is 17.8 Å². The first-order chi connectivity index (χ1) is 13.6. The molecule has 0 bridgehead atoms. The Hall–Kier alpha value is -3.48. The van der Waals surface area contributed by atoms with Crippen LogP contribution >= 0.6 is 0 Å². The molecule has 7 heteroatoms. The van der Waals surface area contributed by atoms with Crippen LogP contribution in [-0.2, 0) is 11.8 Å². The second-order valence-electron chi connectivity index (χ2n) is 6.61. The van der Waals surface area contributed by atoms with Gasteiger partial charge < -0.3 is 9.30 Å². The maximum absolute atomic E-state index is 12.8. The molecule has 2 aromatic carbocycles. The average Bonchev–Trinajstić information content (AvgIpc) is 3.00. The van der Waals surface area contributed by atoms with Crippen LogP contribution in [0.2, 0.25) is 0 Å². The summed E-state index contributed by atoms with van der Waals surface area (Å²) in [5.41, 5.74) is 3.26. The Balaban J connectivity index is 1.69. The van der Waals surface area contributed by atoms with E-state index in [1.807, 2.05) is 67.1 Å². The first kappa shape index (κ1) is 17.9. The monoisotopic (exact) mass is 375 g/mol. The van der Waals surface area contributed by atoms with Gasteiger partial charge in [0.2, 0.25) is 5.91 Å². The molecule has 0 aliphatic rings. The zero-order chi connectivity index (χ0) is 19.7. The van der Waals surface area contributed by atoms with Crippen LogP contribution in [0.4, 0.5) is 5.95 Å². The maximum atomic E-state index is 12.8. The number of carbonyl (C=O) groups is 1. The first-order valence-electron chi connectivity index (χ1n) is 9.15. The van der Waals surface area contributed by atoms with Crippen LogP contribution in [0.1, 0.15) is 24.8 Å². The van der Waals surface area contributed by atoms with Crippen molar-refractivity contribution in [3.05, 3.63) is 54.1 Å². The van der Waals surface area contributed by atoms with Crippen molar-refractivity contribution < 1.29 is 9.53 Å². The van der Waals surface area contributed by atoms with E-state index < -0.39 is 0 Å². The molecule has 2 aromatic heterocycles. The number of anilines is 1. The van der Waals surface area contributed by atoms with Crippen LogP contribution in [0.3, 0.4) is 0 Å². The third kappa shape index (κ3) is 3.05. The molecular formula is C21H21N5O2. The number of nitrogens with zero attached hydrogens (tertiary/aromatic N) is 4. The molecule has 4 rings (SSSR count). The Morgan fingerprint density at radius 3 is 2.68 bits per heavy atom. The largest absolute Gasteiger partial charge is 0.497 e. The minimum atomic E-state index is -0.266. The highest BCUT2D eigenvalue weighted by Crippen LogP contribution is 2.29. The van der Waals surface area contributed by atoms with Gasteiger partial charge in [0.15, 0.2) is 5.65 Å². The van der Waals surface area contributed by atoms with Gasteiger partial charge in [-0.25, -0.2) is 0 Å². The molecule has 0 saturated carbocycles. The predicted molar refractivity (Wildman–Crippen MR) is 108 cm³/mol. The van der Waals surface area contributed by atoms with E-state index in [1.54, 1.807) is 7.11 Å². The Labute approximate surface area is 162 Å². The van der Waals surface area contributed by atoms with E-state index in [4.69, 9.17) is 4.74 Å². The number of rotatable bonds is 5. The van der Waals surface area contributed by atoms with Crippen molar-refractivity contribution in [3.63, 3.8) is 0 Å². The van der Waals surface area contributed by atoms with Gasteiger partial charge >= 0.3 is 0 Å². The van der Waals surface area contributed by atoms with Crippen molar-refractivity contribution in [3.8, 4) is 5.75 Å². The SMILES string of the molecule is CCC(C(=O)Nc1nnc2c3cc(OC)ccc3n(C)c2n1)c1ccccc1. The number of fused-ring (bicyclic) bond motifs is 3. The standard InChI is InChI=1S/C21H21N5O2/c1-4-15(13-8-6-5-7-9-13)20(27)23-21-22-19-18(24-25-21)16-12-14(28-3)10-11-17(16)26(19)2/h5-12,15H,4H2,1-3H3,(H,22,23,25,27). The first-order valence-corrected chi connectivity index (χ1v) is 9.15. The van der Waals surface area contributed by atoms with Gasteiger partial charge in [-0.1, -0.05) is 37.3 Å². The van der Waals surface area contributed by atoms with E-state index >= 15 is 0 Å². The number of hydrogen-bond donors (Lipinski definition) is 1. The predicted octanol–water partition coefficient (Wildman–Crippen LogP) is 3.66. The Kier molecular flexibility index (Phi) is 4.65. The number of hydrogen-bond acceptors (Lipinski definition) is 5.